The molecule has 1 atom stereocenters. The van der Waals surface area contributed by atoms with Gasteiger partial charge in [0.25, 0.3) is 0 Å². The molecule has 2 aromatic rings. The maximum atomic E-state index is 5.57. The van der Waals surface area contributed by atoms with E-state index in [0.717, 1.165) is 49.6 Å². The van der Waals surface area contributed by atoms with E-state index >= 15 is 0 Å². The van der Waals surface area contributed by atoms with Gasteiger partial charge in [-0.05, 0) is 26.8 Å². The molecule has 124 valence electrons. The Hall–Kier alpha value is -1.99. The van der Waals surface area contributed by atoms with E-state index in [4.69, 9.17) is 9.26 Å². The second-order valence-electron chi connectivity index (χ2n) is 6.04. The Morgan fingerprint density at radius 3 is 2.78 bits per heavy atom. The Morgan fingerprint density at radius 1 is 1.30 bits per heavy atom. The van der Waals surface area contributed by atoms with Crippen molar-refractivity contribution in [2.24, 2.45) is 0 Å². The van der Waals surface area contributed by atoms with Crippen molar-refractivity contribution in [3.8, 4) is 0 Å². The number of nitrogens with zero attached hydrogens (tertiary/aromatic N) is 4. The molecule has 0 saturated carbocycles. The van der Waals surface area contributed by atoms with Crippen LogP contribution in [0.3, 0.4) is 0 Å². The van der Waals surface area contributed by atoms with Crippen molar-refractivity contribution in [2.75, 3.05) is 25.5 Å². The highest BCUT2D eigenvalue weighted by molar-refractivity contribution is 5.25. The third kappa shape index (κ3) is 4.74. The minimum atomic E-state index is 0.287. The van der Waals surface area contributed by atoms with E-state index in [1.807, 2.05) is 32.4 Å². The van der Waals surface area contributed by atoms with Gasteiger partial charge in [0.1, 0.15) is 0 Å². The Balaban J connectivity index is 1.46. The first-order valence-electron chi connectivity index (χ1n) is 7.96. The number of anilines is 1. The summed E-state index contributed by atoms with van der Waals surface area (Å²) >= 11 is 0. The maximum absolute atomic E-state index is 5.57. The summed E-state index contributed by atoms with van der Waals surface area (Å²) in [7, 11) is 2.03. The van der Waals surface area contributed by atoms with Gasteiger partial charge in [-0.2, -0.15) is 0 Å². The van der Waals surface area contributed by atoms with Crippen LogP contribution in [0.25, 0.3) is 0 Å². The Bertz CT molecular complexity index is 607. The van der Waals surface area contributed by atoms with Crippen LogP contribution in [0, 0.1) is 6.92 Å². The molecule has 1 aliphatic heterocycles. The van der Waals surface area contributed by atoms with Crippen LogP contribution in [0.1, 0.15) is 29.9 Å². The highest BCUT2D eigenvalue weighted by Crippen LogP contribution is 2.13. The quantitative estimate of drug-likeness (QED) is 0.837. The lowest BCUT2D eigenvalue weighted by atomic mass is 10.2. The van der Waals surface area contributed by atoms with Gasteiger partial charge in [0.2, 0.25) is 5.95 Å². The summed E-state index contributed by atoms with van der Waals surface area (Å²) in [6, 6.07) is 1.95. The topological polar surface area (TPSA) is 76.3 Å². The predicted octanol–water partition coefficient (Wildman–Crippen LogP) is 2.00. The molecule has 2 aromatic heterocycles. The highest BCUT2D eigenvalue weighted by Gasteiger charge is 2.15. The summed E-state index contributed by atoms with van der Waals surface area (Å²) in [5.41, 5.74) is 1.96. The molecule has 0 aromatic carbocycles. The molecule has 3 rings (SSSR count). The minimum Gasteiger partial charge on any atom is -0.376 e. The van der Waals surface area contributed by atoms with Crippen LogP contribution in [0.15, 0.2) is 23.0 Å². The first kappa shape index (κ1) is 15.9. The summed E-state index contributed by atoms with van der Waals surface area (Å²) in [6.07, 6.45) is 6.25. The normalized spacial score (nSPS) is 17.8. The zero-order chi connectivity index (χ0) is 16.1. The number of nitrogens with one attached hydrogen (secondary N) is 1. The molecule has 0 amide bonds. The van der Waals surface area contributed by atoms with Gasteiger partial charge in [-0.3, -0.25) is 4.90 Å². The van der Waals surface area contributed by atoms with Crippen LogP contribution >= 0.6 is 0 Å². The average Bonchev–Trinajstić information content (AvgIpc) is 3.18. The van der Waals surface area contributed by atoms with Crippen molar-refractivity contribution in [1.29, 1.82) is 0 Å². The Kier molecular flexibility index (Phi) is 5.19. The first-order valence-corrected chi connectivity index (χ1v) is 7.96. The van der Waals surface area contributed by atoms with E-state index in [-0.39, 0.29) is 6.10 Å². The lowest BCUT2D eigenvalue weighted by Crippen LogP contribution is -2.20. The molecular weight excluding hydrogens is 294 g/mol. The summed E-state index contributed by atoms with van der Waals surface area (Å²) < 4.78 is 10.8. The van der Waals surface area contributed by atoms with Crippen LogP contribution in [0.4, 0.5) is 5.95 Å². The second-order valence-corrected chi connectivity index (χ2v) is 6.04. The van der Waals surface area contributed by atoms with Crippen LogP contribution in [-0.4, -0.2) is 46.3 Å². The fourth-order valence-corrected chi connectivity index (χ4v) is 2.66. The molecule has 1 fully saturated rings. The summed E-state index contributed by atoms with van der Waals surface area (Å²) in [6.45, 7) is 5.02. The monoisotopic (exact) mass is 317 g/mol. The van der Waals surface area contributed by atoms with E-state index in [2.05, 4.69) is 25.3 Å². The van der Waals surface area contributed by atoms with E-state index in [9.17, 15) is 0 Å². The third-order valence-corrected chi connectivity index (χ3v) is 3.77. The first-order chi connectivity index (χ1) is 11.2. The van der Waals surface area contributed by atoms with Gasteiger partial charge in [0.05, 0.1) is 18.3 Å². The van der Waals surface area contributed by atoms with Crippen molar-refractivity contribution in [1.82, 2.24) is 20.0 Å². The lowest BCUT2D eigenvalue weighted by molar-refractivity contribution is 0.120. The van der Waals surface area contributed by atoms with Crippen molar-refractivity contribution >= 4 is 5.95 Å². The average molecular weight is 317 g/mol. The number of ether oxygens (including phenoxy) is 1. The molecule has 0 radical (unpaired) electrons. The molecule has 0 spiro atoms. The fourth-order valence-electron chi connectivity index (χ4n) is 2.66. The van der Waals surface area contributed by atoms with Gasteiger partial charge in [-0.15, -0.1) is 0 Å². The van der Waals surface area contributed by atoms with Crippen molar-refractivity contribution in [2.45, 2.75) is 39.0 Å². The molecule has 3 heterocycles. The number of hydrogen-bond acceptors (Lipinski definition) is 7. The zero-order valence-electron chi connectivity index (χ0n) is 13.7. The molecule has 0 bridgehead atoms. The Morgan fingerprint density at radius 2 is 2.13 bits per heavy atom. The van der Waals surface area contributed by atoms with Gasteiger partial charge >= 0.3 is 0 Å². The van der Waals surface area contributed by atoms with Crippen LogP contribution in [-0.2, 0) is 17.8 Å². The van der Waals surface area contributed by atoms with Crippen molar-refractivity contribution in [3.05, 3.63) is 35.5 Å². The van der Waals surface area contributed by atoms with Gasteiger partial charge in [-0.1, -0.05) is 5.16 Å². The Labute approximate surface area is 136 Å². The minimum absolute atomic E-state index is 0.287. The van der Waals surface area contributed by atoms with Gasteiger partial charge < -0.3 is 14.6 Å². The fraction of sp³-hybridized carbons (Fsp3) is 0.562. The van der Waals surface area contributed by atoms with Crippen LogP contribution in [0.5, 0.6) is 0 Å². The summed E-state index contributed by atoms with van der Waals surface area (Å²) in [5, 5.41) is 7.12. The number of rotatable bonds is 7. The predicted molar refractivity (Wildman–Crippen MR) is 85.9 cm³/mol. The molecule has 7 heteroatoms. The van der Waals surface area contributed by atoms with Crippen molar-refractivity contribution < 1.29 is 9.26 Å². The molecule has 23 heavy (non-hydrogen) atoms. The lowest BCUT2D eigenvalue weighted by Gasteiger charge is -2.15. The molecule has 0 unspecified atom stereocenters. The van der Waals surface area contributed by atoms with E-state index in [1.165, 1.54) is 0 Å². The standard InChI is InChI=1S/C16H23N5O2/c1-12-6-15(23-20-12)11-21(2)10-13-7-17-16(18-8-13)19-9-14-4-3-5-22-14/h6-8,14H,3-5,9-11H2,1-2H3,(H,17,18,19)/t14-/m0/s1. The van der Waals surface area contributed by atoms with Gasteiger partial charge in [0, 0.05) is 43.7 Å². The molecule has 1 aliphatic rings. The van der Waals surface area contributed by atoms with Crippen LogP contribution in [0.2, 0.25) is 0 Å². The zero-order valence-corrected chi connectivity index (χ0v) is 13.7. The molecule has 7 nitrogen and oxygen atoms in total. The summed E-state index contributed by atoms with van der Waals surface area (Å²) in [5.74, 6) is 1.51. The van der Waals surface area contributed by atoms with Crippen molar-refractivity contribution in [3.63, 3.8) is 0 Å². The number of hydrogen-bond donors (Lipinski definition) is 1. The van der Waals surface area contributed by atoms with Gasteiger partial charge in [0.15, 0.2) is 5.76 Å². The van der Waals surface area contributed by atoms with Gasteiger partial charge in [-0.25, -0.2) is 9.97 Å². The SMILES string of the molecule is Cc1cc(CN(C)Cc2cnc(NC[C@@H]3CCCO3)nc2)on1. The summed E-state index contributed by atoms with van der Waals surface area (Å²) in [4.78, 5) is 10.9. The second kappa shape index (κ2) is 7.52. The van der Waals surface area contributed by atoms with E-state index in [0.29, 0.717) is 12.5 Å². The van der Waals surface area contributed by atoms with E-state index < -0.39 is 0 Å². The van der Waals surface area contributed by atoms with Crippen LogP contribution < -0.4 is 5.32 Å². The van der Waals surface area contributed by atoms with E-state index in [1.54, 1.807) is 0 Å². The maximum Gasteiger partial charge on any atom is 0.222 e. The highest BCUT2D eigenvalue weighted by atomic mass is 16.5. The molecular formula is C16H23N5O2. The largest absolute Gasteiger partial charge is 0.376 e. The number of aromatic nitrogens is 3. The smallest absolute Gasteiger partial charge is 0.222 e. The molecule has 1 saturated heterocycles. The molecule has 0 aliphatic carbocycles. The molecule has 1 N–H and O–H groups in total. The number of aryl methyl sites for hydroxylation is 1. The third-order valence-electron chi connectivity index (χ3n) is 3.77.